The summed E-state index contributed by atoms with van der Waals surface area (Å²) in [5.41, 5.74) is -2.16. The van der Waals surface area contributed by atoms with Gasteiger partial charge in [0.05, 0.1) is 24.9 Å². The van der Waals surface area contributed by atoms with Crippen molar-refractivity contribution in [3.05, 3.63) is 88.7 Å². The molecule has 1 saturated heterocycles. The smallest absolute Gasteiger partial charge is 0.265 e. The lowest BCUT2D eigenvalue weighted by atomic mass is 9.83. The molecule has 0 unspecified atom stereocenters. The summed E-state index contributed by atoms with van der Waals surface area (Å²) in [5.74, 6) is -1.74. The largest absolute Gasteiger partial charge is 0.494 e. The zero-order chi connectivity index (χ0) is 31.1. The van der Waals surface area contributed by atoms with Crippen LogP contribution in [0.3, 0.4) is 0 Å². The molecule has 2 aromatic heterocycles. The molecule has 0 aliphatic carbocycles. The lowest BCUT2D eigenvalue weighted by Crippen LogP contribution is -2.45. The van der Waals surface area contributed by atoms with Gasteiger partial charge in [-0.25, -0.2) is 22.5 Å². The van der Waals surface area contributed by atoms with E-state index in [2.05, 4.69) is 15.3 Å². The van der Waals surface area contributed by atoms with E-state index in [0.717, 1.165) is 6.20 Å². The van der Waals surface area contributed by atoms with Gasteiger partial charge < -0.3 is 19.9 Å². The summed E-state index contributed by atoms with van der Waals surface area (Å²) in [6.07, 6.45) is -1.06. The first-order valence-corrected chi connectivity index (χ1v) is 13.7. The molecule has 0 saturated carbocycles. The van der Waals surface area contributed by atoms with Gasteiger partial charge >= 0.3 is 0 Å². The fraction of sp³-hybridized carbons (Fsp3) is 0.344. The first-order valence-electron chi connectivity index (χ1n) is 13.7. The Bertz CT molecular complexity index is 1670. The Hall–Kier alpha value is -4.09. The molecule has 4 aromatic rings. The molecule has 2 aromatic carbocycles. The molecular formula is C32H31F4N3O4. The number of carbonyl (C=O) groups is 1. The van der Waals surface area contributed by atoms with Gasteiger partial charge in [-0.05, 0) is 74.7 Å². The summed E-state index contributed by atoms with van der Waals surface area (Å²) < 4.78 is 67.7. The summed E-state index contributed by atoms with van der Waals surface area (Å²) in [6, 6.07) is 10.8. The van der Waals surface area contributed by atoms with Gasteiger partial charge in [-0.2, -0.15) is 0 Å². The summed E-state index contributed by atoms with van der Waals surface area (Å²) in [5, 5.41) is 14.0. The number of aliphatic hydroxyl groups is 1. The van der Waals surface area contributed by atoms with Crippen LogP contribution in [0.1, 0.15) is 60.8 Å². The second-order valence-electron chi connectivity index (χ2n) is 11.2. The van der Waals surface area contributed by atoms with Crippen molar-refractivity contribution in [1.29, 1.82) is 0 Å². The average Bonchev–Trinajstić information content (AvgIpc) is 3.35. The van der Waals surface area contributed by atoms with Gasteiger partial charge in [0, 0.05) is 40.4 Å². The average molecular weight is 598 g/mol. The number of fused-ring (bicyclic) bond motifs is 1. The number of benzene rings is 2. The zero-order valence-corrected chi connectivity index (χ0v) is 24.1. The topological polar surface area (TPSA) is 93.6 Å². The van der Waals surface area contributed by atoms with E-state index in [9.17, 15) is 23.1 Å². The number of hydrogen-bond donors (Lipinski definition) is 2. The fourth-order valence-electron chi connectivity index (χ4n) is 5.38. The molecule has 226 valence electrons. The van der Waals surface area contributed by atoms with Gasteiger partial charge in [0.25, 0.3) is 12.3 Å². The summed E-state index contributed by atoms with van der Waals surface area (Å²) in [7, 11) is 1.39. The minimum absolute atomic E-state index is 0.0353. The summed E-state index contributed by atoms with van der Waals surface area (Å²) >= 11 is 0. The van der Waals surface area contributed by atoms with E-state index < -0.39 is 35.2 Å². The Morgan fingerprint density at radius 2 is 1.91 bits per heavy atom. The lowest BCUT2D eigenvalue weighted by Gasteiger charge is -2.34. The molecule has 5 rings (SSSR count). The van der Waals surface area contributed by atoms with Crippen molar-refractivity contribution in [2.75, 3.05) is 20.3 Å². The van der Waals surface area contributed by atoms with E-state index in [0.29, 0.717) is 29.5 Å². The first-order chi connectivity index (χ1) is 20.3. The van der Waals surface area contributed by atoms with Crippen LogP contribution < -0.4 is 10.1 Å². The fourth-order valence-corrected chi connectivity index (χ4v) is 5.38. The van der Waals surface area contributed by atoms with Gasteiger partial charge in [-0.15, -0.1) is 0 Å². The predicted octanol–water partition coefficient (Wildman–Crippen LogP) is 6.43. The van der Waals surface area contributed by atoms with Crippen LogP contribution in [0.4, 0.5) is 17.6 Å². The lowest BCUT2D eigenvalue weighted by molar-refractivity contribution is -0.0246. The van der Waals surface area contributed by atoms with Gasteiger partial charge in [0.2, 0.25) is 0 Å². The van der Waals surface area contributed by atoms with Crippen LogP contribution >= 0.6 is 0 Å². The predicted molar refractivity (Wildman–Crippen MR) is 152 cm³/mol. The molecule has 1 aliphatic heterocycles. The van der Waals surface area contributed by atoms with Crippen LogP contribution in [-0.2, 0) is 15.9 Å². The van der Waals surface area contributed by atoms with Crippen molar-refractivity contribution in [2.24, 2.45) is 5.92 Å². The third-order valence-electron chi connectivity index (χ3n) is 7.89. The Morgan fingerprint density at radius 3 is 2.51 bits per heavy atom. The van der Waals surface area contributed by atoms with Gasteiger partial charge in [0.1, 0.15) is 28.4 Å². The maximum atomic E-state index is 15.8. The number of aromatic nitrogens is 2. The van der Waals surface area contributed by atoms with Crippen LogP contribution in [-0.4, -0.2) is 41.2 Å². The minimum Gasteiger partial charge on any atom is -0.494 e. The van der Waals surface area contributed by atoms with Crippen molar-refractivity contribution in [3.8, 4) is 17.0 Å². The van der Waals surface area contributed by atoms with E-state index in [1.807, 2.05) is 6.92 Å². The molecule has 0 radical (unpaired) electrons. The van der Waals surface area contributed by atoms with Crippen LogP contribution in [0.25, 0.3) is 22.2 Å². The highest BCUT2D eigenvalue weighted by Crippen LogP contribution is 2.43. The quantitative estimate of drug-likeness (QED) is 0.228. The number of hydrogen-bond acceptors (Lipinski definition) is 6. The number of nitrogens with one attached hydrogen (secondary N) is 1. The van der Waals surface area contributed by atoms with E-state index >= 15 is 4.39 Å². The van der Waals surface area contributed by atoms with Crippen molar-refractivity contribution in [1.82, 2.24) is 15.3 Å². The normalized spacial score (nSPS) is 18.8. The van der Waals surface area contributed by atoms with Crippen LogP contribution in [0, 0.1) is 17.6 Å². The third kappa shape index (κ3) is 5.79. The van der Waals surface area contributed by atoms with E-state index in [1.54, 1.807) is 0 Å². The van der Waals surface area contributed by atoms with Gasteiger partial charge in [-0.1, -0.05) is 6.92 Å². The van der Waals surface area contributed by atoms with Crippen LogP contribution in [0.2, 0.25) is 0 Å². The van der Waals surface area contributed by atoms with Crippen LogP contribution in [0.15, 0.2) is 54.7 Å². The summed E-state index contributed by atoms with van der Waals surface area (Å²) in [6.45, 7) is 5.07. The number of pyridine rings is 2. The molecule has 43 heavy (non-hydrogen) atoms. The number of amides is 1. The van der Waals surface area contributed by atoms with E-state index in [4.69, 9.17) is 9.47 Å². The monoisotopic (exact) mass is 597 g/mol. The Morgan fingerprint density at radius 1 is 1.19 bits per heavy atom. The molecule has 0 bridgehead atoms. The standard InChI is InChI=1S/C32H31F4N3O4/c1-17-9-10-43-32(17,25-14-23(31(2,3)41)26(34)28(39-25)18-5-7-22(33)8-6-18)16-38-30(40)20-11-19-12-21(29(35)36)15-37-27(19)24(13-20)42-4/h5-8,11-15,17,29,41H,9-10,16H2,1-4H3,(H,38,40)/t17-,32-/m1/s1. The van der Waals surface area contributed by atoms with Gasteiger partial charge in [0.15, 0.2) is 5.82 Å². The second-order valence-corrected chi connectivity index (χ2v) is 11.2. The van der Waals surface area contributed by atoms with Crippen molar-refractivity contribution >= 4 is 16.8 Å². The van der Waals surface area contributed by atoms with Crippen molar-refractivity contribution < 1.29 is 36.9 Å². The van der Waals surface area contributed by atoms with Crippen molar-refractivity contribution in [2.45, 2.75) is 44.8 Å². The molecule has 1 aliphatic rings. The number of alkyl halides is 2. The number of rotatable bonds is 8. The Labute approximate surface area is 245 Å². The molecule has 2 atom stereocenters. The highest BCUT2D eigenvalue weighted by Gasteiger charge is 2.46. The molecule has 3 heterocycles. The molecule has 11 heteroatoms. The third-order valence-corrected chi connectivity index (χ3v) is 7.89. The maximum absolute atomic E-state index is 15.8. The molecular weight excluding hydrogens is 566 g/mol. The van der Waals surface area contributed by atoms with Crippen molar-refractivity contribution in [3.63, 3.8) is 0 Å². The van der Waals surface area contributed by atoms with Gasteiger partial charge in [-0.3, -0.25) is 9.78 Å². The number of methoxy groups -OCH3 is 1. The second kappa shape index (κ2) is 11.5. The highest BCUT2D eigenvalue weighted by atomic mass is 19.3. The number of ether oxygens (including phenoxy) is 2. The Balaban J connectivity index is 1.55. The minimum atomic E-state index is -2.74. The molecule has 7 nitrogen and oxygen atoms in total. The SMILES string of the molecule is COc1cc(C(=O)NC[C@@]2(c3cc(C(C)(C)O)c(F)c(-c4ccc(F)cc4)n3)OCC[C@H]2C)cc2cc(C(F)F)cnc12. The van der Waals surface area contributed by atoms with Crippen LogP contribution in [0.5, 0.6) is 5.75 Å². The highest BCUT2D eigenvalue weighted by molar-refractivity contribution is 6.00. The maximum Gasteiger partial charge on any atom is 0.265 e. The summed E-state index contributed by atoms with van der Waals surface area (Å²) in [4.78, 5) is 22.2. The zero-order valence-electron chi connectivity index (χ0n) is 24.1. The molecule has 0 spiro atoms. The first kappa shape index (κ1) is 30.4. The number of carbonyl (C=O) groups excluding carboxylic acids is 1. The van der Waals surface area contributed by atoms with E-state index in [-0.39, 0.29) is 46.3 Å². The molecule has 2 N–H and O–H groups in total. The Kier molecular flexibility index (Phi) is 8.15. The van der Waals surface area contributed by atoms with E-state index in [1.165, 1.54) is 69.5 Å². The molecule has 1 fully saturated rings. The number of nitrogens with zero attached hydrogens (tertiary/aromatic N) is 2. The molecule has 1 amide bonds. The number of halogens is 4.